The first-order chi connectivity index (χ1) is 13.7. The molecular weight excluding hydrogens is 370 g/mol. The third-order valence-electron chi connectivity index (χ3n) is 4.90. The Morgan fingerprint density at radius 1 is 1.28 bits per heavy atom. The van der Waals surface area contributed by atoms with Gasteiger partial charge in [-0.1, -0.05) is 30.3 Å². The SMILES string of the molecule is CCNC(=O)[C@@H]1CCCN1C[C@H](O)[C@@H](Cc1ccccc1)NC(=O)OC(C)(C)C. The van der Waals surface area contributed by atoms with E-state index >= 15 is 0 Å². The van der Waals surface area contributed by atoms with Crippen LogP contribution in [0.5, 0.6) is 0 Å². The predicted molar refractivity (Wildman–Crippen MR) is 113 cm³/mol. The van der Waals surface area contributed by atoms with Gasteiger partial charge < -0.3 is 20.5 Å². The van der Waals surface area contributed by atoms with Crippen molar-refractivity contribution in [3.05, 3.63) is 35.9 Å². The first kappa shape index (κ1) is 23.2. The summed E-state index contributed by atoms with van der Waals surface area (Å²) in [5.41, 5.74) is 0.388. The molecule has 7 heteroatoms. The number of carbonyl (C=O) groups excluding carboxylic acids is 2. The molecule has 162 valence electrons. The van der Waals surface area contributed by atoms with Crippen molar-refractivity contribution in [2.24, 2.45) is 0 Å². The number of hydrogen-bond donors (Lipinski definition) is 3. The summed E-state index contributed by atoms with van der Waals surface area (Å²) in [6.45, 7) is 8.96. The van der Waals surface area contributed by atoms with Gasteiger partial charge in [-0.25, -0.2) is 4.79 Å². The van der Waals surface area contributed by atoms with Crippen molar-refractivity contribution in [3.8, 4) is 0 Å². The number of aliphatic hydroxyl groups excluding tert-OH is 1. The Labute approximate surface area is 173 Å². The van der Waals surface area contributed by atoms with Gasteiger partial charge in [-0.15, -0.1) is 0 Å². The van der Waals surface area contributed by atoms with E-state index in [-0.39, 0.29) is 11.9 Å². The minimum atomic E-state index is -0.835. The van der Waals surface area contributed by atoms with Gasteiger partial charge in [0, 0.05) is 13.1 Å². The second-order valence-electron chi connectivity index (χ2n) is 8.56. The molecule has 0 unspecified atom stereocenters. The molecule has 2 amide bonds. The maximum atomic E-state index is 12.3. The minimum absolute atomic E-state index is 0.00286. The number of carbonyl (C=O) groups is 2. The van der Waals surface area contributed by atoms with Crippen molar-refractivity contribution in [2.45, 2.75) is 70.7 Å². The Kier molecular flexibility index (Phi) is 8.46. The molecule has 3 atom stereocenters. The van der Waals surface area contributed by atoms with Crippen molar-refractivity contribution >= 4 is 12.0 Å². The molecule has 0 saturated carbocycles. The van der Waals surface area contributed by atoms with Gasteiger partial charge in [-0.3, -0.25) is 9.69 Å². The summed E-state index contributed by atoms with van der Waals surface area (Å²) in [6.07, 6.45) is 0.775. The second-order valence-corrected chi connectivity index (χ2v) is 8.56. The largest absolute Gasteiger partial charge is 0.444 e. The number of benzene rings is 1. The zero-order valence-electron chi connectivity index (χ0n) is 18.0. The molecule has 1 aromatic carbocycles. The fourth-order valence-electron chi connectivity index (χ4n) is 3.61. The number of aliphatic hydroxyl groups is 1. The van der Waals surface area contributed by atoms with E-state index in [9.17, 15) is 14.7 Å². The fraction of sp³-hybridized carbons (Fsp3) is 0.636. The molecule has 0 radical (unpaired) electrons. The first-order valence-corrected chi connectivity index (χ1v) is 10.4. The number of nitrogens with zero attached hydrogens (tertiary/aromatic N) is 1. The third kappa shape index (κ3) is 7.66. The van der Waals surface area contributed by atoms with Crippen molar-refractivity contribution < 1.29 is 19.4 Å². The van der Waals surface area contributed by atoms with E-state index in [1.165, 1.54) is 0 Å². The second kappa shape index (κ2) is 10.6. The molecule has 1 aromatic rings. The van der Waals surface area contributed by atoms with Crippen LogP contribution in [0.25, 0.3) is 0 Å². The lowest BCUT2D eigenvalue weighted by molar-refractivity contribution is -0.125. The summed E-state index contributed by atoms with van der Waals surface area (Å²) in [4.78, 5) is 26.6. The lowest BCUT2D eigenvalue weighted by atomic mass is 10.0. The number of likely N-dealkylation sites (tertiary alicyclic amines) is 1. The average molecular weight is 406 g/mol. The quantitative estimate of drug-likeness (QED) is 0.616. The lowest BCUT2D eigenvalue weighted by Gasteiger charge is -2.31. The van der Waals surface area contributed by atoms with Crippen molar-refractivity contribution in [1.82, 2.24) is 15.5 Å². The van der Waals surface area contributed by atoms with Crippen molar-refractivity contribution in [1.29, 1.82) is 0 Å². The van der Waals surface area contributed by atoms with Crippen LogP contribution in [-0.2, 0) is 16.0 Å². The van der Waals surface area contributed by atoms with Gasteiger partial charge in [0.15, 0.2) is 0 Å². The number of hydrogen-bond acceptors (Lipinski definition) is 5. The van der Waals surface area contributed by atoms with Gasteiger partial charge in [0.05, 0.1) is 18.2 Å². The highest BCUT2D eigenvalue weighted by molar-refractivity contribution is 5.82. The molecule has 1 aliphatic rings. The number of nitrogens with one attached hydrogen (secondary N) is 2. The number of β-amino-alcohol motifs (C(OH)–C–C–N with tert-alkyl or cyclic N) is 1. The summed E-state index contributed by atoms with van der Waals surface area (Å²) < 4.78 is 5.38. The molecule has 7 nitrogen and oxygen atoms in total. The zero-order chi connectivity index (χ0) is 21.4. The Morgan fingerprint density at radius 3 is 2.59 bits per heavy atom. The van der Waals surface area contributed by atoms with Gasteiger partial charge in [-0.2, -0.15) is 0 Å². The number of amides is 2. The molecule has 1 saturated heterocycles. The predicted octanol–water partition coefficient (Wildman–Crippen LogP) is 2.08. The Bertz CT molecular complexity index is 660. The van der Waals surface area contributed by atoms with Crippen LogP contribution in [0.3, 0.4) is 0 Å². The fourth-order valence-corrected chi connectivity index (χ4v) is 3.61. The molecule has 0 bridgehead atoms. The maximum Gasteiger partial charge on any atom is 0.407 e. The summed E-state index contributed by atoms with van der Waals surface area (Å²) in [5.74, 6) is -0.00286. The van der Waals surface area contributed by atoms with Crippen LogP contribution in [0.2, 0.25) is 0 Å². The molecule has 0 spiro atoms. The topological polar surface area (TPSA) is 90.9 Å². The Balaban J connectivity index is 2.07. The lowest BCUT2D eigenvalue weighted by Crippen LogP contribution is -2.53. The van der Waals surface area contributed by atoms with E-state index in [0.717, 1.165) is 24.9 Å². The average Bonchev–Trinajstić information content (AvgIpc) is 3.09. The molecule has 3 N–H and O–H groups in total. The van der Waals surface area contributed by atoms with E-state index in [0.29, 0.717) is 19.5 Å². The minimum Gasteiger partial charge on any atom is -0.444 e. The van der Waals surface area contributed by atoms with Crippen molar-refractivity contribution in [2.75, 3.05) is 19.6 Å². The normalized spacial score (nSPS) is 19.4. The molecule has 1 heterocycles. The molecule has 0 aromatic heterocycles. The third-order valence-corrected chi connectivity index (χ3v) is 4.90. The molecule has 29 heavy (non-hydrogen) atoms. The summed E-state index contributed by atoms with van der Waals surface area (Å²) in [7, 11) is 0. The van der Waals surface area contributed by atoms with E-state index in [2.05, 4.69) is 10.6 Å². The number of likely N-dealkylation sites (N-methyl/N-ethyl adjacent to an activating group) is 1. The number of rotatable bonds is 8. The van der Waals surface area contributed by atoms with Crippen LogP contribution in [0.1, 0.15) is 46.1 Å². The molecular formula is C22H35N3O4. The summed E-state index contributed by atoms with van der Waals surface area (Å²) >= 11 is 0. The van der Waals surface area contributed by atoms with E-state index in [4.69, 9.17) is 4.74 Å². The van der Waals surface area contributed by atoms with Gasteiger partial charge in [0.2, 0.25) is 5.91 Å². The van der Waals surface area contributed by atoms with Crippen LogP contribution in [0, 0.1) is 0 Å². The monoisotopic (exact) mass is 405 g/mol. The van der Waals surface area contributed by atoms with Crippen LogP contribution in [-0.4, -0.2) is 65.4 Å². The highest BCUT2D eigenvalue weighted by Gasteiger charge is 2.34. The summed E-state index contributed by atoms with van der Waals surface area (Å²) in [6, 6.07) is 8.95. The Hall–Kier alpha value is -2.12. The van der Waals surface area contributed by atoms with Crippen LogP contribution in [0.15, 0.2) is 30.3 Å². The standard InChI is InChI=1S/C22H35N3O4/c1-5-23-20(27)18-12-9-13-25(18)15-19(26)17(14-16-10-7-6-8-11-16)24-21(28)29-22(2,3)4/h6-8,10-11,17-19,26H,5,9,12-15H2,1-4H3,(H,23,27)(H,24,28)/t17-,18+,19+/m1/s1. The van der Waals surface area contributed by atoms with Gasteiger partial charge in [0.25, 0.3) is 0 Å². The van der Waals surface area contributed by atoms with Crippen LogP contribution >= 0.6 is 0 Å². The zero-order valence-corrected chi connectivity index (χ0v) is 18.0. The number of alkyl carbamates (subject to hydrolysis) is 1. The van der Waals surface area contributed by atoms with Gasteiger partial charge in [-0.05, 0) is 59.1 Å². The van der Waals surface area contributed by atoms with Crippen LogP contribution < -0.4 is 10.6 Å². The summed E-state index contributed by atoms with van der Waals surface area (Å²) in [5, 5.41) is 16.7. The maximum absolute atomic E-state index is 12.3. The number of ether oxygens (including phenoxy) is 1. The van der Waals surface area contributed by atoms with Crippen molar-refractivity contribution in [3.63, 3.8) is 0 Å². The highest BCUT2D eigenvalue weighted by atomic mass is 16.6. The molecule has 2 rings (SSSR count). The smallest absolute Gasteiger partial charge is 0.407 e. The Morgan fingerprint density at radius 2 is 1.97 bits per heavy atom. The first-order valence-electron chi connectivity index (χ1n) is 10.4. The van der Waals surface area contributed by atoms with Crippen LogP contribution in [0.4, 0.5) is 4.79 Å². The van der Waals surface area contributed by atoms with Gasteiger partial charge in [0.1, 0.15) is 5.60 Å². The van der Waals surface area contributed by atoms with E-state index < -0.39 is 23.8 Å². The molecule has 1 fully saturated rings. The highest BCUT2D eigenvalue weighted by Crippen LogP contribution is 2.19. The van der Waals surface area contributed by atoms with E-state index in [1.807, 2.05) is 42.2 Å². The van der Waals surface area contributed by atoms with Gasteiger partial charge >= 0.3 is 6.09 Å². The van der Waals surface area contributed by atoms with E-state index in [1.54, 1.807) is 20.8 Å². The molecule has 1 aliphatic heterocycles. The molecule has 0 aliphatic carbocycles.